The van der Waals surface area contributed by atoms with Crippen LogP contribution in [-0.2, 0) is 20.7 Å². The average molecular weight is 392 g/mol. The minimum absolute atomic E-state index is 0.164. The van der Waals surface area contributed by atoms with Crippen LogP contribution in [-0.4, -0.2) is 23.6 Å². The molecule has 3 aromatic rings. The van der Waals surface area contributed by atoms with Crippen molar-refractivity contribution in [2.75, 3.05) is 6.61 Å². The highest BCUT2D eigenvalue weighted by atomic mass is 16.5. The van der Waals surface area contributed by atoms with E-state index in [1.54, 1.807) is 6.92 Å². The molecule has 0 unspecified atom stereocenters. The van der Waals surface area contributed by atoms with E-state index >= 15 is 0 Å². The number of nitrogens with zero attached hydrogens (tertiary/aromatic N) is 1. The number of hydrogen-bond donors (Lipinski definition) is 1. The van der Waals surface area contributed by atoms with Crippen LogP contribution >= 0.6 is 0 Å². The van der Waals surface area contributed by atoms with Crippen molar-refractivity contribution in [3.63, 3.8) is 0 Å². The molecule has 6 nitrogen and oxygen atoms in total. The van der Waals surface area contributed by atoms with Gasteiger partial charge in [-0.25, -0.2) is 0 Å². The Morgan fingerprint density at radius 2 is 1.59 bits per heavy atom. The largest absolute Gasteiger partial charge is 0.456 e. The summed E-state index contributed by atoms with van der Waals surface area (Å²) < 4.78 is 10.2. The molecular weight excluding hydrogens is 368 g/mol. The molecule has 0 radical (unpaired) electrons. The summed E-state index contributed by atoms with van der Waals surface area (Å²) in [7, 11) is 0. The Morgan fingerprint density at radius 1 is 1.00 bits per heavy atom. The summed E-state index contributed by atoms with van der Waals surface area (Å²) in [5.41, 5.74) is 3.58. The van der Waals surface area contributed by atoms with Gasteiger partial charge in [0.15, 0.2) is 6.61 Å². The maximum absolute atomic E-state index is 12.4. The summed E-state index contributed by atoms with van der Waals surface area (Å²) >= 11 is 0. The van der Waals surface area contributed by atoms with Crippen LogP contribution in [0.5, 0.6) is 0 Å². The molecule has 1 N–H and O–H groups in total. The SMILES string of the molecule is Cc1noc(C)c1CCC(=O)OCC(=O)NC(c1ccccc1)c1ccccc1. The fourth-order valence-corrected chi connectivity index (χ4v) is 3.16. The van der Waals surface area contributed by atoms with Gasteiger partial charge in [-0.15, -0.1) is 0 Å². The van der Waals surface area contributed by atoms with Crippen LogP contribution in [0.4, 0.5) is 0 Å². The normalized spacial score (nSPS) is 10.7. The zero-order valence-electron chi connectivity index (χ0n) is 16.6. The maximum atomic E-state index is 12.4. The second kappa shape index (κ2) is 9.68. The number of amides is 1. The molecule has 0 saturated heterocycles. The Bertz CT molecular complexity index is 893. The Morgan fingerprint density at radius 3 is 2.10 bits per heavy atom. The van der Waals surface area contributed by atoms with E-state index in [0.29, 0.717) is 12.2 Å². The first kappa shape index (κ1) is 20.3. The van der Waals surface area contributed by atoms with Gasteiger partial charge >= 0.3 is 5.97 Å². The highest BCUT2D eigenvalue weighted by Crippen LogP contribution is 2.21. The maximum Gasteiger partial charge on any atom is 0.306 e. The topological polar surface area (TPSA) is 81.4 Å². The van der Waals surface area contributed by atoms with Gasteiger partial charge in [-0.3, -0.25) is 9.59 Å². The van der Waals surface area contributed by atoms with Crippen LogP contribution in [0.15, 0.2) is 65.2 Å². The van der Waals surface area contributed by atoms with Crippen molar-refractivity contribution >= 4 is 11.9 Å². The Hall–Kier alpha value is -3.41. The first-order valence-corrected chi connectivity index (χ1v) is 9.51. The average Bonchev–Trinajstić information content (AvgIpc) is 3.07. The summed E-state index contributed by atoms with van der Waals surface area (Å²) in [6, 6.07) is 19.0. The quantitative estimate of drug-likeness (QED) is 0.592. The lowest BCUT2D eigenvalue weighted by molar-refractivity contribution is -0.148. The predicted molar refractivity (Wildman–Crippen MR) is 108 cm³/mol. The van der Waals surface area contributed by atoms with Crippen molar-refractivity contribution < 1.29 is 18.8 Å². The molecule has 0 aliphatic carbocycles. The van der Waals surface area contributed by atoms with Crippen LogP contribution in [0, 0.1) is 13.8 Å². The number of rotatable bonds is 8. The van der Waals surface area contributed by atoms with Crippen molar-refractivity contribution in [3.8, 4) is 0 Å². The Balaban J connectivity index is 1.56. The number of nitrogens with one attached hydrogen (secondary N) is 1. The van der Waals surface area contributed by atoms with E-state index in [1.165, 1.54) is 0 Å². The molecule has 0 aliphatic rings. The van der Waals surface area contributed by atoms with E-state index in [1.807, 2.05) is 67.6 Å². The molecule has 2 aromatic carbocycles. The van der Waals surface area contributed by atoms with Gasteiger partial charge in [-0.1, -0.05) is 65.8 Å². The van der Waals surface area contributed by atoms with E-state index in [-0.39, 0.29) is 25.0 Å². The first-order valence-electron chi connectivity index (χ1n) is 9.51. The summed E-state index contributed by atoms with van der Waals surface area (Å²) in [5, 5.41) is 6.82. The molecule has 0 fully saturated rings. The van der Waals surface area contributed by atoms with Crippen LogP contribution < -0.4 is 5.32 Å². The van der Waals surface area contributed by atoms with Crippen LogP contribution in [0.1, 0.15) is 40.6 Å². The van der Waals surface area contributed by atoms with E-state index in [4.69, 9.17) is 9.26 Å². The highest BCUT2D eigenvalue weighted by molar-refractivity contribution is 5.81. The third-order valence-corrected chi connectivity index (χ3v) is 4.70. The molecule has 0 spiro atoms. The number of benzene rings is 2. The fourth-order valence-electron chi connectivity index (χ4n) is 3.16. The number of esters is 1. The Kier molecular flexibility index (Phi) is 6.79. The number of aromatic nitrogens is 1. The fraction of sp³-hybridized carbons (Fsp3) is 0.261. The zero-order chi connectivity index (χ0) is 20.6. The van der Waals surface area contributed by atoms with Crippen molar-refractivity contribution in [2.24, 2.45) is 0 Å². The van der Waals surface area contributed by atoms with Crippen molar-refractivity contribution in [3.05, 3.63) is 88.8 Å². The second-order valence-electron chi connectivity index (χ2n) is 6.79. The Labute approximate surface area is 169 Å². The molecular formula is C23H24N2O4. The van der Waals surface area contributed by atoms with E-state index < -0.39 is 5.97 Å². The molecule has 0 atom stereocenters. The summed E-state index contributed by atoms with van der Waals surface area (Å²) in [6.45, 7) is 3.32. The van der Waals surface area contributed by atoms with Gasteiger partial charge in [0.25, 0.3) is 5.91 Å². The lowest BCUT2D eigenvalue weighted by Crippen LogP contribution is -2.33. The van der Waals surface area contributed by atoms with Gasteiger partial charge in [0.05, 0.1) is 11.7 Å². The predicted octanol–water partition coefficient (Wildman–Crippen LogP) is 3.67. The number of carbonyl (C=O) groups excluding carboxylic acids is 2. The molecule has 0 bridgehead atoms. The number of carbonyl (C=O) groups is 2. The van der Waals surface area contributed by atoms with Gasteiger partial charge in [0.2, 0.25) is 0 Å². The molecule has 1 aromatic heterocycles. The molecule has 1 amide bonds. The molecule has 0 saturated carbocycles. The van der Waals surface area contributed by atoms with Crippen LogP contribution in [0.25, 0.3) is 0 Å². The minimum atomic E-state index is -0.434. The number of ether oxygens (including phenoxy) is 1. The molecule has 150 valence electrons. The standard InChI is InChI=1S/C23H24N2O4/c1-16-20(17(2)29-25-16)13-14-22(27)28-15-21(26)24-23(18-9-5-3-6-10-18)19-11-7-4-8-12-19/h3-12,23H,13-15H2,1-2H3,(H,24,26). The molecule has 29 heavy (non-hydrogen) atoms. The van der Waals surface area contributed by atoms with E-state index in [0.717, 1.165) is 22.4 Å². The summed E-state index contributed by atoms with van der Waals surface area (Å²) in [4.78, 5) is 24.5. The third-order valence-electron chi connectivity index (χ3n) is 4.70. The van der Waals surface area contributed by atoms with Crippen molar-refractivity contribution in [2.45, 2.75) is 32.7 Å². The van der Waals surface area contributed by atoms with Crippen LogP contribution in [0.2, 0.25) is 0 Å². The van der Waals surface area contributed by atoms with E-state index in [2.05, 4.69) is 10.5 Å². The first-order chi connectivity index (χ1) is 14.0. The lowest BCUT2D eigenvalue weighted by Gasteiger charge is -2.20. The smallest absolute Gasteiger partial charge is 0.306 e. The molecule has 0 aliphatic heterocycles. The summed E-state index contributed by atoms with van der Waals surface area (Å²) in [6.07, 6.45) is 0.634. The van der Waals surface area contributed by atoms with Crippen molar-refractivity contribution in [1.82, 2.24) is 10.5 Å². The summed E-state index contributed by atoms with van der Waals surface area (Å²) in [5.74, 6) is -0.0916. The monoisotopic (exact) mass is 392 g/mol. The van der Waals surface area contributed by atoms with E-state index in [9.17, 15) is 9.59 Å². The highest BCUT2D eigenvalue weighted by Gasteiger charge is 2.18. The van der Waals surface area contributed by atoms with Crippen LogP contribution in [0.3, 0.4) is 0 Å². The zero-order valence-corrected chi connectivity index (χ0v) is 16.6. The second-order valence-corrected chi connectivity index (χ2v) is 6.79. The van der Waals surface area contributed by atoms with Crippen molar-refractivity contribution in [1.29, 1.82) is 0 Å². The third kappa shape index (κ3) is 5.54. The van der Waals surface area contributed by atoms with Gasteiger partial charge in [-0.2, -0.15) is 0 Å². The van der Waals surface area contributed by atoms with Gasteiger partial charge < -0.3 is 14.6 Å². The molecule has 3 rings (SSSR count). The molecule has 1 heterocycles. The van der Waals surface area contributed by atoms with Gasteiger partial charge in [0.1, 0.15) is 5.76 Å². The number of aryl methyl sites for hydroxylation is 2. The lowest BCUT2D eigenvalue weighted by atomic mass is 9.99. The van der Waals surface area contributed by atoms with Gasteiger partial charge in [0, 0.05) is 12.0 Å². The number of hydrogen-bond acceptors (Lipinski definition) is 5. The molecule has 6 heteroatoms. The minimum Gasteiger partial charge on any atom is -0.456 e. The van der Waals surface area contributed by atoms with Gasteiger partial charge in [-0.05, 0) is 31.4 Å².